The van der Waals surface area contributed by atoms with Crippen molar-refractivity contribution >= 4 is 35.2 Å². The molecule has 0 aliphatic heterocycles. The maximum atomic E-state index is 7.39. The number of nitrogens with zero attached hydrogens (tertiary/aromatic N) is 2. The largest absolute Gasteiger partial charge is 0.398 e. The molecule has 0 saturated heterocycles. The second-order valence-electron chi connectivity index (χ2n) is 3.51. The van der Waals surface area contributed by atoms with Crippen molar-refractivity contribution in [3.05, 3.63) is 36.0 Å². The lowest BCUT2D eigenvalue weighted by Crippen LogP contribution is -2.01. The lowest BCUT2D eigenvalue weighted by atomic mass is 10.1. The molecule has 0 bridgehead atoms. The summed E-state index contributed by atoms with van der Waals surface area (Å²) in [4.78, 5) is 8.42. The molecule has 18 heavy (non-hydrogen) atoms. The Morgan fingerprint density at radius 3 is 2.94 bits per heavy atom. The molecule has 1 heterocycles. The van der Waals surface area contributed by atoms with E-state index in [9.17, 15) is 0 Å². The van der Waals surface area contributed by atoms with E-state index in [2.05, 4.69) is 15.3 Å². The number of hydrogen-bond donors (Lipinski definition) is 3. The zero-order valence-electron chi connectivity index (χ0n) is 9.84. The molecule has 4 N–H and O–H groups in total. The van der Waals surface area contributed by atoms with Gasteiger partial charge in [-0.2, -0.15) is 0 Å². The quantitative estimate of drug-likeness (QED) is 0.340. The van der Waals surface area contributed by atoms with Crippen LogP contribution in [-0.4, -0.2) is 22.4 Å². The van der Waals surface area contributed by atoms with Crippen LogP contribution in [0.1, 0.15) is 5.56 Å². The molecule has 0 saturated carbocycles. The lowest BCUT2D eigenvalue weighted by molar-refractivity contribution is 0.975. The molecule has 1 aromatic heterocycles. The van der Waals surface area contributed by atoms with Gasteiger partial charge in [0.25, 0.3) is 0 Å². The Labute approximate surface area is 109 Å². The van der Waals surface area contributed by atoms with Crippen LogP contribution in [0.3, 0.4) is 0 Å². The molecule has 0 unspecified atom stereocenters. The van der Waals surface area contributed by atoms with Gasteiger partial charge in [0.05, 0.1) is 5.69 Å². The second kappa shape index (κ2) is 5.50. The lowest BCUT2D eigenvalue weighted by Gasteiger charge is -2.10. The highest BCUT2D eigenvalue weighted by Crippen LogP contribution is 2.23. The summed E-state index contributed by atoms with van der Waals surface area (Å²) in [5.41, 5.74) is 7.79. The average molecular weight is 259 g/mol. The van der Waals surface area contributed by atoms with Crippen molar-refractivity contribution in [3.63, 3.8) is 0 Å². The van der Waals surface area contributed by atoms with E-state index in [1.807, 2.05) is 18.4 Å². The molecule has 0 amide bonds. The molecule has 2 rings (SSSR count). The van der Waals surface area contributed by atoms with Crippen molar-refractivity contribution in [1.29, 1.82) is 5.41 Å². The summed E-state index contributed by atoms with van der Waals surface area (Å²) in [6, 6.07) is 7.23. The zero-order chi connectivity index (χ0) is 13.0. The molecular weight excluding hydrogens is 246 g/mol. The van der Waals surface area contributed by atoms with E-state index < -0.39 is 0 Å². The molecule has 0 radical (unpaired) electrons. The third kappa shape index (κ3) is 2.60. The van der Waals surface area contributed by atoms with E-state index in [4.69, 9.17) is 11.1 Å². The number of hydrogen-bond acceptors (Lipinski definition) is 6. The standard InChI is InChI=1S/C12H13N5S/c1-18-12-15-6-5-11(17-12)16-10-4-2-3-9(14)8(10)7-13/h2-7,13H,14H2,1H3,(H,15,16,17). The predicted octanol–water partition coefficient (Wildman–Crippen LogP) is 2.52. The number of aromatic nitrogens is 2. The van der Waals surface area contributed by atoms with Crippen LogP contribution in [0.2, 0.25) is 0 Å². The normalized spacial score (nSPS) is 10.1. The minimum atomic E-state index is 0.564. The van der Waals surface area contributed by atoms with E-state index in [0.717, 1.165) is 5.69 Å². The van der Waals surface area contributed by atoms with Crippen LogP contribution in [0.4, 0.5) is 17.2 Å². The first-order chi connectivity index (χ1) is 8.74. The van der Waals surface area contributed by atoms with Gasteiger partial charge < -0.3 is 16.5 Å². The highest BCUT2D eigenvalue weighted by molar-refractivity contribution is 7.98. The first-order valence-corrected chi connectivity index (χ1v) is 6.50. The van der Waals surface area contributed by atoms with Gasteiger partial charge in [-0.3, -0.25) is 0 Å². The summed E-state index contributed by atoms with van der Waals surface area (Å²) in [6.45, 7) is 0. The average Bonchev–Trinajstić information content (AvgIpc) is 2.39. The van der Waals surface area contributed by atoms with E-state index in [0.29, 0.717) is 22.2 Å². The van der Waals surface area contributed by atoms with Gasteiger partial charge in [0.15, 0.2) is 5.16 Å². The van der Waals surface area contributed by atoms with Crippen molar-refractivity contribution in [2.45, 2.75) is 5.16 Å². The van der Waals surface area contributed by atoms with Gasteiger partial charge >= 0.3 is 0 Å². The van der Waals surface area contributed by atoms with Gasteiger partial charge in [0.2, 0.25) is 0 Å². The summed E-state index contributed by atoms with van der Waals surface area (Å²) < 4.78 is 0. The fourth-order valence-corrected chi connectivity index (χ4v) is 1.86. The molecule has 92 valence electrons. The first kappa shape index (κ1) is 12.4. The number of nitrogens with two attached hydrogens (primary N) is 1. The monoisotopic (exact) mass is 259 g/mol. The van der Waals surface area contributed by atoms with E-state index >= 15 is 0 Å². The van der Waals surface area contributed by atoms with Crippen molar-refractivity contribution < 1.29 is 0 Å². The zero-order valence-corrected chi connectivity index (χ0v) is 10.7. The molecule has 0 spiro atoms. The fourth-order valence-electron chi connectivity index (χ4n) is 1.50. The first-order valence-electron chi connectivity index (χ1n) is 5.27. The topological polar surface area (TPSA) is 87.7 Å². The maximum Gasteiger partial charge on any atom is 0.189 e. The minimum Gasteiger partial charge on any atom is -0.398 e. The molecule has 2 aromatic rings. The highest BCUT2D eigenvalue weighted by Gasteiger charge is 2.05. The highest BCUT2D eigenvalue weighted by atomic mass is 32.2. The van der Waals surface area contributed by atoms with E-state index in [-0.39, 0.29) is 0 Å². The Balaban J connectivity index is 2.33. The summed E-state index contributed by atoms with van der Waals surface area (Å²) >= 11 is 1.47. The summed E-state index contributed by atoms with van der Waals surface area (Å²) in [6.07, 6.45) is 4.84. The van der Waals surface area contributed by atoms with Crippen LogP contribution >= 0.6 is 11.8 Å². The molecule has 6 heteroatoms. The van der Waals surface area contributed by atoms with Crippen LogP contribution < -0.4 is 11.1 Å². The number of rotatable bonds is 4. The molecule has 1 aromatic carbocycles. The third-order valence-electron chi connectivity index (χ3n) is 2.36. The Bertz CT molecular complexity index is 570. The minimum absolute atomic E-state index is 0.564. The summed E-state index contributed by atoms with van der Waals surface area (Å²) in [5.74, 6) is 0.683. The van der Waals surface area contributed by atoms with Crippen LogP contribution in [0, 0.1) is 5.41 Å². The summed E-state index contributed by atoms with van der Waals surface area (Å²) in [7, 11) is 0. The van der Waals surface area contributed by atoms with Crippen molar-refractivity contribution in [1.82, 2.24) is 9.97 Å². The number of nitrogens with one attached hydrogen (secondary N) is 2. The molecule has 0 atom stereocenters. The SMILES string of the molecule is CSc1nccc(Nc2cccc(N)c2C=N)n1. The Morgan fingerprint density at radius 2 is 2.22 bits per heavy atom. The Hall–Kier alpha value is -2.08. The Kier molecular flexibility index (Phi) is 3.78. The number of benzene rings is 1. The smallest absolute Gasteiger partial charge is 0.189 e. The number of nitrogen functional groups attached to an aromatic ring is 1. The van der Waals surface area contributed by atoms with E-state index in [1.165, 1.54) is 18.0 Å². The summed E-state index contributed by atoms with van der Waals surface area (Å²) in [5, 5.41) is 11.2. The maximum absolute atomic E-state index is 7.39. The van der Waals surface area contributed by atoms with Gasteiger partial charge in [-0.15, -0.1) is 0 Å². The second-order valence-corrected chi connectivity index (χ2v) is 4.28. The number of anilines is 3. The molecule has 0 aliphatic carbocycles. The van der Waals surface area contributed by atoms with Crippen molar-refractivity contribution in [2.24, 2.45) is 0 Å². The van der Waals surface area contributed by atoms with Gasteiger partial charge in [-0.05, 0) is 24.5 Å². The third-order valence-corrected chi connectivity index (χ3v) is 2.92. The van der Waals surface area contributed by atoms with Gasteiger partial charge in [-0.25, -0.2) is 9.97 Å². The molecular formula is C12H13N5S. The van der Waals surface area contributed by atoms with E-state index in [1.54, 1.807) is 18.3 Å². The number of thioether (sulfide) groups is 1. The van der Waals surface area contributed by atoms with Crippen LogP contribution in [0.5, 0.6) is 0 Å². The van der Waals surface area contributed by atoms with Crippen molar-refractivity contribution in [2.75, 3.05) is 17.3 Å². The molecule has 0 fully saturated rings. The van der Waals surface area contributed by atoms with Crippen molar-refractivity contribution in [3.8, 4) is 0 Å². The van der Waals surface area contributed by atoms with Gasteiger partial charge in [-0.1, -0.05) is 17.8 Å². The van der Waals surface area contributed by atoms with Gasteiger partial charge in [0.1, 0.15) is 5.82 Å². The fraction of sp³-hybridized carbons (Fsp3) is 0.0833. The molecule has 0 aliphatic rings. The predicted molar refractivity (Wildman–Crippen MR) is 75.8 cm³/mol. The van der Waals surface area contributed by atoms with Crippen LogP contribution in [0.15, 0.2) is 35.6 Å². The van der Waals surface area contributed by atoms with Crippen LogP contribution in [-0.2, 0) is 0 Å². The van der Waals surface area contributed by atoms with Crippen LogP contribution in [0.25, 0.3) is 0 Å². The molecule has 5 nitrogen and oxygen atoms in total. The van der Waals surface area contributed by atoms with Gasteiger partial charge in [0, 0.05) is 23.7 Å². The Morgan fingerprint density at radius 1 is 1.39 bits per heavy atom.